The molecule has 0 radical (unpaired) electrons. The first kappa shape index (κ1) is 21.5. The highest BCUT2D eigenvalue weighted by atomic mass is 19.1. The summed E-state index contributed by atoms with van der Waals surface area (Å²) < 4.78 is 33.4. The molecule has 32 heavy (non-hydrogen) atoms. The van der Waals surface area contributed by atoms with Gasteiger partial charge in [0.15, 0.2) is 0 Å². The maximum Gasteiger partial charge on any atom is 0.139 e. The van der Waals surface area contributed by atoms with Gasteiger partial charge >= 0.3 is 0 Å². The molecule has 0 saturated carbocycles. The van der Waals surface area contributed by atoms with Crippen molar-refractivity contribution in [2.45, 2.75) is 26.2 Å². The van der Waals surface area contributed by atoms with Crippen LogP contribution in [0.15, 0.2) is 72.9 Å². The second-order valence-corrected chi connectivity index (χ2v) is 7.60. The Morgan fingerprint density at radius 2 is 1.69 bits per heavy atom. The Morgan fingerprint density at radius 1 is 0.844 bits per heavy atom. The molecule has 0 N–H and O–H groups in total. The minimum atomic E-state index is -0.339. The highest BCUT2D eigenvalue weighted by Gasteiger charge is 2.04. The fourth-order valence-corrected chi connectivity index (χ4v) is 3.39. The molecule has 0 spiro atoms. The first-order chi connectivity index (χ1) is 15.6. The van der Waals surface area contributed by atoms with Crippen LogP contribution >= 0.6 is 0 Å². The van der Waals surface area contributed by atoms with Gasteiger partial charge < -0.3 is 4.74 Å². The van der Waals surface area contributed by atoms with Crippen LogP contribution in [0.5, 0.6) is 5.75 Å². The summed E-state index contributed by atoms with van der Waals surface area (Å²) >= 11 is 0. The summed E-state index contributed by atoms with van der Waals surface area (Å²) in [6.07, 6.45) is 4.09. The molecular weight excluding hydrogens is 404 g/mol. The van der Waals surface area contributed by atoms with Gasteiger partial charge in [0.05, 0.1) is 18.4 Å². The van der Waals surface area contributed by atoms with Crippen molar-refractivity contribution in [1.82, 2.24) is 4.98 Å². The Balaban J connectivity index is 1.41. The third-order valence-corrected chi connectivity index (χ3v) is 5.12. The monoisotopic (exact) mass is 427 g/mol. The lowest BCUT2D eigenvalue weighted by atomic mass is 10.0. The molecule has 4 rings (SSSR count). The van der Waals surface area contributed by atoms with E-state index >= 15 is 0 Å². The molecule has 0 saturated heterocycles. The highest BCUT2D eigenvalue weighted by molar-refractivity contribution is 5.84. The molecule has 4 heteroatoms. The lowest BCUT2D eigenvalue weighted by molar-refractivity contribution is 0.316. The summed E-state index contributed by atoms with van der Waals surface area (Å²) in [5.74, 6) is 6.06. The molecule has 1 aromatic heterocycles. The van der Waals surface area contributed by atoms with Gasteiger partial charge in [-0.05, 0) is 84.1 Å². The maximum absolute atomic E-state index is 14.6. The molecule has 0 fully saturated rings. The number of hydrogen-bond donors (Lipinski definition) is 0. The Bertz CT molecular complexity index is 1290. The van der Waals surface area contributed by atoms with E-state index in [0.717, 1.165) is 46.2 Å². The van der Waals surface area contributed by atoms with Crippen molar-refractivity contribution in [2.24, 2.45) is 0 Å². The number of rotatable bonds is 6. The minimum Gasteiger partial charge on any atom is -0.492 e. The van der Waals surface area contributed by atoms with Crippen LogP contribution in [0.3, 0.4) is 0 Å². The van der Waals surface area contributed by atoms with E-state index < -0.39 is 0 Å². The quantitative estimate of drug-likeness (QED) is 0.328. The molecule has 0 bridgehead atoms. The van der Waals surface area contributed by atoms with Gasteiger partial charge in [0.2, 0.25) is 0 Å². The first-order valence-electron chi connectivity index (χ1n) is 10.7. The first-order valence-corrected chi connectivity index (χ1v) is 10.7. The smallest absolute Gasteiger partial charge is 0.139 e. The standard InChI is InChI=1S/C28H23F2NO/c1-2-15-32-27-14-13-26(31-19-27)12-6-21-4-8-22(28(30)17-21)7-3-20-5-9-24-18-25(29)11-10-23(24)16-20/h4-5,8-11,13-14,16-19H,2,6,12,15H2,1H3. The summed E-state index contributed by atoms with van der Waals surface area (Å²) in [4.78, 5) is 4.41. The molecule has 0 unspecified atom stereocenters. The molecule has 0 aliphatic heterocycles. The molecule has 0 atom stereocenters. The van der Waals surface area contributed by atoms with E-state index in [-0.39, 0.29) is 11.6 Å². The van der Waals surface area contributed by atoms with Crippen LogP contribution < -0.4 is 4.74 Å². The topological polar surface area (TPSA) is 22.1 Å². The van der Waals surface area contributed by atoms with Crippen LogP contribution in [0.1, 0.15) is 35.7 Å². The van der Waals surface area contributed by atoms with Crippen LogP contribution in [0, 0.1) is 23.5 Å². The van der Waals surface area contributed by atoms with E-state index in [1.807, 2.05) is 36.4 Å². The normalized spacial score (nSPS) is 10.6. The predicted molar refractivity (Wildman–Crippen MR) is 124 cm³/mol. The summed E-state index contributed by atoms with van der Waals surface area (Å²) in [6, 6.07) is 19.1. The van der Waals surface area contributed by atoms with Gasteiger partial charge in [-0.25, -0.2) is 8.78 Å². The molecule has 3 aromatic carbocycles. The van der Waals surface area contributed by atoms with Crippen LogP contribution in [0.2, 0.25) is 0 Å². The summed E-state index contributed by atoms with van der Waals surface area (Å²) in [6.45, 7) is 2.74. The Kier molecular flexibility index (Phi) is 6.77. The van der Waals surface area contributed by atoms with E-state index in [1.165, 1.54) is 18.2 Å². The van der Waals surface area contributed by atoms with Crippen molar-refractivity contribution in [3.05, 3.63) is 107 Å². The van der Waals surface area contributed by atoms with Crippen LogP contribution in [0.4, 0.5) is 8.78 Å². The van der Waals surface area contributed by atoms with Crippen LogP contribution in [-0.4, -0.2) is 11.6 Å². The molecule has 0 aliphatic rings. The van der Waals surface area contributed by atoms with E-state index in [4.69, 9.17) is 4.74 Å². The van der Waals surface area contributed by atoms with Crippen molar-refractivity contribution in [3.8, 4) is 17.6 Å². The molecule has 0 amide bonds. The largest absolute Gasteiger partial charge is 0.492 e. The van der Waals surface area contributed by atoms with Crippen molar-refractivity contribution < 1.29 is 13.5 Å². The van der Waals surface area contributed by atoms with Crippen molar-refractivity contribution in [1.29, 1.82) is 0 Å². The maximum atomic E-state index is 14.6. The van der Waals surface area contributed by atoms with Crippen LogP contribution in [-0.2, 0) is 12.8 Å². The number of pyridine rings is 1. The van der Waals surface area contributed by atoms with Gasteiger partial charge in [-0.3, -0.25) is 4.98 Å². The number of hydrogen-bond acceptors (Lipinski definition) is 2. The van der Waals surface area contributed by atoms with Gasteiger partial charge in [-0.2, -0.15) is 0 Å². The van der Waals surface area contributed by atoms with Gasteiger partial charge in [-0.1, -0.05) is 37.0 Å². The third kappa shape index (κ3) is 5.50. The number of aryl methyl sites for hydroxylation is 2. The Morgan fingerprint density at radius 3 is 2.47 bits per heavy atom. The van der Waals surface area contributed by atoms with E-state index in [2.05, 4.69) is 23.7 Å². The molecular formula is C28H23F2NO. The lowest BCUT2D eigenvalue weighted by Crippen LogP contribution is -1.98. The van der Waals surface area contributed by atoms with Crippen molar-refractivity contribution in [2.75, 3.05) is 6.61 Å². The van der Waals surface area contributed by atoms with E-state index in [1.54, 1.807) is 18.3 Å². The average molecular weight is 427 g/mol. The second kappa shape index (κ2) is 10.1. The van der Waals surface area contributed by atoms with Crippen molar-refractivity contribution >= 4 is 10.8 Å². The second-order valence-electron chi connectivity index (χ2n) is 7.60. The van der Waals surface area contributed by atoms with E-state index in [0.29, 0.717) is 18.6 Å². The summed E-state index contributed by atoms with van der Waals surface area (Å²) in [7, 11) is 0. The van der Waals surface area contributed by atoms with E-state index in [9.17, 15) is 8.78 Å². The number of aromatic nitrogens is 1. The van der Waals surface area contributed by atoms with Gasteiger partial charge in [-0.15, -0.1) is 0 Å². The molecule has 4 aromatic rings. The van der Waals surface area contributed by atoms with Gasteiger partial charge in [0.1, 0.15) is 17.4 Å². The number of ether oxygens (including phenoxy) is 1. The van der Waals surface area contributed by atoms with Gasteiger partial charge in [0, 0.05) is 11.3 Å². The molecule has 2 nitrogen and oxygen atoms in total. The number of halogens is 2. The van der Waals surface area contributed by atoms with Crippen molar-refractivity contribution in [3.63, 3.8) is 0 Å². The highest BCUT2D eigenvalue weighted by Crippen LogP contribution is 2.18. The minimum absolute atomic E-state index is 0.271. The average Bonchev–Trinajstić information content (AvgIpc) is 2.81. The van der Waals surface area contributed by atoms with Gasteiger partial charge in [0.25, 0.3) is 0 Å². The lowest BCUT2D eigenvalue weighted by Gasteiger charge is -2.06. The summed E-state index contributed by atoms with van der Waals surface area (Å²) in [5, 5.41) is 1.70. The fraction of sp³-hybridized carbons (Fsp3) is 0.179. The zero-order valence-corrected chi connectivity index (χ0v) is 17.9. The zero-order valence-electron chi connectivity index (χ0n) is 17.9. The third-order valence-electron chi connectivity index (χ3n) is 5.12. The SMILES string of the molecule is CCCOc1ccc(CCc2ccc(C#Cc3ccc4cc(F)ccc4c3)c(F)c2)nc1. The molecule has 160 valence electrons. The van der Waals surface area contributed by atoms with Crippen LogP contribution in [0.25, 0.3) is 10.8 Å². The zero-order chi connectivity index (χ0) is 22.3. The molecule has 0 aliphatic carbocycles. The number of nitrogens with zero attached hydrogens (tertiary/aromatic N) is 1. The Labute approximate surface area is 186 Å². The molecule has 1 heterocycles. The number of benzene rings is 3. The predicted octanol–water partition coefficient (Wildman–Crippen LogP) is 6.49. The number of fused-ring (bicyclic) bond motifs is 1. The Hall–Kier alpha value is -3.71. The summed E-state index contributed by atoms with van der Waals surface area (Å²) in [5.41, 5.74) is 2.94. The fourth-order valence-electron chi connectivity index (χ4n) is 3.39.